The van der Waals surface area contributed by atoms with E-state index in [1.165, 1.54) is 0 Å². The summed E-state index contributed by atoms with van der Waals surface area (Å²) in [6.45, 7) is 2.00. The van der Waals surface area contributed by atoms with Gasteiger partial charge in [-0.2, -0.15) is 13.2 Å². The van der Waals surface area contributed by atoms with Crippen molar-refractivity contribution in [2.24, 2.45) is 5.73 Å². The molecule has 0 saturated heterocycles. The molecule has 1 atom stereocenters. The Balaban J connectivity index is 1.54. The number of aromatic nitrogens is 1. The second-order valence-corrected chi connectivity index (χ2v) is 9.15. The minimum Gasteiger partial charge on any atom is -0.489 e. The molecule has 4 nitrogen and oxygen atoms in total. The number of hydrogen-bond acceptors (Lipinski definition) is 3. The van der Waals surface area contributed by atoms with E-state index in [0.717, 1.165) is 29.5 Å². The van der Waals surface area contributed by atoms with Crippen molar-refractivity contribution in [1.29, 1.82) is 0 Å². The zero-order valence-electron chi connectivity index (χ0n) is 18.2. The second kappa shape index (κ2) is 9.03. The summed E-state index contributed by atoms with van der Waals surface area (Å²) >= 11 is 6.38. The SMILES string of the molecule is CCC(N)C1(c2ccc(C(F)(F)F)cc2)CCC(Oc2cc3cc[nH]c(=O)c3cc2Cl)CC1. The Bertz CT molecular complexity index is 1180. The number of alkyl halides is 3. The smallest absolute Gasteiger partial charge is 0.416 e. The third-order valence-corrected chi connectivity index (χ3v) is 7.18. The Morgan fingerprint density at radius 2 is 1.85 bits per heavy atom. The first-order chi connectivity index (χ1) is 15.6. The molecule has 1 saturated carbocycles. The Morgan fingerprint density at radius 3 is 2.45 bits per heavy atom. The molecule has 1 aromatic heterocycles. The van der Waals surface area contributed by atoms with Crippen molar-refractivity contribution < 1.29 is 17.9 Å². The molecule has 3 N–H and O–H groups in total. The molecule has 0 spiro atoms. The highest BCUT2D eigenvalue weighted by molar-refractivity contribution is 6.32. The van der Waals surface area contributed by atoms with Gasteiger partial charge in [0.05, 0.1) is 16.7 Å². The van der Waals surface area contributed by atoms with E-state index < -0.39 is 17.2 Å². The number of hydrogen-bond donors (Lipinski definition) is 2. The molecule has 3 aromatic rings. The molecule has 8 heteroatoms. The zero-order valence-corrected chi connectivity index (χ0v) is 19.0. The largest absolute Gasteiger partial charge is 0.489 e. The molecular weight excluding hydrogens is 453 g/mol. The van der Waals surface area contributed by atoms with E-state index in [1.807, 2.05) is 6.92 Å². The van der Waals surface area contributed by atoms with Crippen LogP contribution in [-0.2, 0) is 11.6 Å². The van der Waals surface area contributed by atoms with Crippen LogP contribution in [0.25, 0.3) is 10.8 Å². The van der Waals surface area contributed by atoms with Gasteiger partial charge in [-0.25, -0.2) is 0 Å². The number of nitrogens with one attached hydrogen (secondary N) is 1. The predicted octanol–water partition coefficient (Wildman–Crippen LogP) is 6.20. The monoisotopic (exact) mass is 478 g/mol. The van der Waals surface area contributed by atoms with Crippen molar-refractivity contribution in [3.05, 3.63) is 75.2 Å². The van der Waals surface area contributed by atoms with Gasteiger partial charge in [0.2, 0.25) is 0 Å². The number of halogens is 4. The maximum atomic E-state index is 13.0. The summed E-state index contributed by atoms with van der Waals surface area (Å²) in [5.74, 6) is 0.515. The molecule has 0 bridgehead atoms. The number of rotatable bonds is 5. The standard InChI is InChI=1S/C25H26ClF3N2O2/c1-2-22(30)24(16-3-5-17(6-4-16)25(27,28)29)10-7-18(8-11-24)33-21-13-15-9-12-31-23(32)19(15)14-20(21)26/h3-6,9,12-14,18,22H,2,7-8,10-11,30H2,1H3,(H,31,32). The summed E-state index contributed by atoms with van der Waals surface area (Å²) < 4.78 is 45.3. The van der Waals surface area contributed by atoms with E-state index >= 15 is 0 Å². The number of pyridine rings is 1. The van der Waals surface area contributed by atoms with E-state index in [2.05, 4.69) is 4.98 Å². The van der Waals surface area contributed by atoms with Crippen LogP contribution in [0.15, 0.2) is 53.5 Å². The second-order valence-electron chi connectivity index (χ2n) is 8.74. The third kappa shape index (κ3) is 4.62. The first-order valence-corrected chi connectivity index (χ1v) is 11.4. The average Bonchev–Trinajstić information content (AvgIpc) is 2.80. The summed E-state index contributed by atoms with van der Waals surface area (Å²) in [5, 5.41) is 1.60. The van der Waals surface area contributed by atoms with Gasteiger partial charge in [-0.05, 0) is 73.4 Å². The van der Waals surface area contributed by atoms with Gasteiger partial charge in [0, 0.05) is 23.0 Å². The van der Waals surface area contributed by atoms with Gasteiger partial charge in [-0.3, -0.25) is 4.79 Å². The summed E-state index contributed by atoms with van der Waals surface area (Å²) in [6, 6.07) is 10.4. The van der Waals surface area contributed by atoms with Crippen molar-refractivity contribution in [3.63, 3.8) is 0 Å². The van der Waals surface area contributed by atoms with Crippen LogP contribution in [0, 0.1) is 0 Å². The average molecular weight is 479 g/mol. The van der Waals surface area contributed by atoms with Crippen LogP contribution in [0.1, 0.15) is 50.2 Å². The van der Waals surface area contributed by atoms with E-state index in [4.69, 9.17) is 22.1 Å². The van der Waals surface area contributed by atoms with Gasteiger partial charge < -0.3 is 15.5 Å². The van der Waals surface area contributed by atoms with Crippen LogP contribution in [0.3, 0.4) is 0 Å². The van der Waals surface area contributed by atoms with Crippen LogP contribution in [0.5, 0.6) is 5.75 Å². The predicted molar refractivity (Wildman–Crippen MR) is 124 cm³/mol. The Morgan fingerprint density at radius 1 is 1.18 bits per heavy atom. The molecule has 1 aliphatic carbocycles. The van der Waals surface area contributed by atoms with Gasteiger partial charge in [0.1, 0.15) is 5.75 Å². The summed E-state index contributed by atoms with van der Waals surface area (Å²) in [7, 11) is 0. The molecule has 0 aliphatic heterocycles. The lowest BCUT2D eigenvalue weighted by Gasteiger charge is -2.44. The molecular formula is C25H26ClF3N2O2. The van der Waals surface area contributed by atoms with Crippen molar-refractivity contribution in [2.45, 2.75) is 62.8 Å². The molecule has 0 radical (unpaired) electrons. The number of fused-ring (bicyclic) bond motifs is 1. The fraction of sp³-hybridized carbons (Fsp3) is 0.400. The number of aromatic amines is 1. The highest BCUT2D eigenvalue weighted by Gasteiger charge is 2.42. The quantitative estimate of drug-likeness (QED) is 0.459. The van der Waals surface area contributed by atoms with E-state index in [1.54, 1.807) is 36.5 Å². The fourth-order valence-electron chi connectivity index (χ4n) is 4.94. The molecule has 1 unspecified atom stereocenters. The Labute approximate surface area is 194 Å². The molecule has 1 heterocycles. The number of ether oxygens (including phenoxy) is 1. The van der Waals surface area contributed by atoms with Gasteiger partial charge in [0.15, 0.2) is 0 Å². The lowest BCUT2D eigenvalue weighted by atomic mass is 9.64. The number of nitrogens with two attached hydrogens (primary N) is 1. The van der Waals surface area contributed by atoms with Crippen molar-refractivity contribution in [2.75, 3.05) is 0 Å². The number of H-pyrrole nitrogens is 1. The van der Waals surface area contributed by atoms with Crippen molar-refractivity contribution >= 4 is 22.4 Å². The normalized spacial score (nSPS) is 22.3. The summed E-state index contributed by atoms with van der Waals surface area (Å²) in [6.07, 6.45) is 0.607. The fourth-order valence-corrected chi connectivity index (χ4v) is 5.15. The lowest BCUT2D eigenvalue weighted by molar-refractivity contribution is -0.137. The highest BCUT2D eigenvalue weighted by atomic mass is 35.5. The molecule has 0 amide bonds. The first kappa shape index (κ1) is 23.6. The van der Waals surface area contributed by atoms with Crippen LogP contribution in [0.4, 0.5) is 13.2 Å². The van der Waals surface area contributed by atoms with Crippen LogP contribution >= 0.6 is 11.6 Å². The molecule has 1 aliphatic rings. The van der Waals surface area contributed by atoms with Gasteiger partial charge in [-0.1, -0.05) is 30.7 Å². The molecule has 176 valence electrons. The third-order valence-electron chi connectivity index (χ3n) is 6.88. The van der Waals surface area contributed by atoms with Crippen molar-refractivity contribution in [3.8, 4) is 5.75 Å². The van der Waals surface area contributed by atoms with Gasteiger partial charge >= 0.3 is 6.18 Å². The Hall–Kier alpha value is -2.51. The van der Waals surface area contributed by atoms with Crippen LogP contribution in [-0.4, -0.2) is 17.1 Å². The van der Waals surface area contributed by atoms with Crippen molar-refractivity contribution in [1.82, 2.24) is 4.98 Å². The lowest BCUT2D eigenvalue weighted by Crippen LogP contribution is -2.48. The van der Waals surface area contributed by atoms with Crippen LogP contribution < -0.4 is 16.0 Å². The van der Waals surface area contributed by atoms with Gasteiger partial charge in [0.25, 0.3) is 5.56 Å². The zero-order chi connectivity index (χ0) is 23.8. The molecule has 2 aromatic carbocycles. The maximum Gasteiger partial charge on any atom is 0.416 e. The molecule has 33 heavy (non-hydrogen) atoms. The maximum absolute atomic E-state index is 13.0. The van der Waals surface area contributed by atoms with E-state index in [-0.39, 0.29) is 17.7 Å². The van der Waals surface area contributed by atoms with Crippen LogP contribution in [0.2, 0.25) is 5.02 Å². The minimum atomic E-state index is -4.37. The number of benzene rings is 2. The topological polar surface area (TPSA) is 68.1 Å². The molecule has 4 rings (SSSR count). The van der Waals surface area contributed by atoms with E-state index in [9.17, 15) is 18.0 Å². The van der Waals surface area contributed by atoms with E-state index in [0.29, 0.717) is 41.8 Å². The Kier molecular flexibility index (Phi) is 6.47. The summed E-state index contributed by atoms with van der Waals surface area (Å²) in [5.41, 5.74) is 6.08. The molecule has 1 fully saturated rings. The highest BCUT2D eigenvalue weighted by Crippen LogP contribution is 2.44. The first-order valence-electron chi connectivity index (χ1n) is 11.0. The summed E-state index contributed by atoms with van der Waals surface area (Å²) in [4.78, 5) is 14.6. The van der Waals surface area contributed by atoms with Gasteiger partial charge in [-0.15, -0.1) is 0 Å². The minimum absolute atomic E-state index is 0.103.